The molecule has 1 aliphatic carbocycles. The monoisotopic (exact) mass is 324 g/mol. The summed E-state index contributed by atoms with van der Waals surface area (Å²) >= 11 is 3.54. The maximum absolute atomic E-state index is 11.5. The highest BCUT2D eigenvalue weighted by molar-refractivity contribution is 9.10. The molecule has 19 heavy (non-hydrogen) atoms. The molecular formula is C14H17BrN2O2. The van der Waals surface area contributed by atoms with Gasteiger partial charge in [-0.15, -0.1) is 0 Å². The van der Waals surface area contributed by atoms with Crippen LogP contribution in [0.5, 0.6) is 0 Å². The molecule has 1 amide bonds. The van der Waals surface area contributed by atoms with Crippen LogP contribution in [-0.4, -0.2) is 24.6 Å². The van der Waals surface area contributed by atoms with Crippen LogP contribution >= 0.6 is 15.9 Å². The second-order valence-electron chi connectivity index (χ2n) is 5.46. The van der Waals surface area contributed by atoms with Gasteiger partial charge in [0.1, 0.15) is 0 Å². The van der Waals surface area contributed by atoms with Crippen molar-refractivity contribution < 1.29 is 9.90 Å². The Balaban J connectivity index is 1.86. The molecule has 1 aliphatic heterocycles. The molecule has 1 unspecified atom stereocenters. The van der Waals surface area contributed by atoms with Gasteiger partial charge in [0, 0.05) is 29.3 Å². The van der Waals surface area contributed by atoms with Crippen molar-refractivity contribution >= 4 is 33.2 Å². The second-order valence-corrected chi connectivity index (χ2v) is 6.31. The van der Waals surface area contributed by atoms with Gasteiger partial charge >= 0.3 is 0 Å². The van der Waals surface area contributed by atoms with Crippen molar-refractivity contribution in [3.63, 3.8) is 0 Å². The van der Waals surface area contributed by atoms with E-state index >= 15 is 0 Å². The first kappa shape index (κ1) is 12.9. The van der Waals surface area contributed by atoms with Gasteiger partial charge in [0.25, 0.3) is 5.91 Å². The van der Waals surface area contributed by atoms with Crippen molar-refractivity contribution in [2.45, 2.75) is 25.4 Å². The van der Waals surface area contributed by atoms with E-state index in [4.69, 9.17) is 0 Å². The van der Waals surface area contributed by atoms with Crippen LogP contribution in [0.2, 0.25) is 0 Å². The number of anilines is 2. The van der Waals surface area contributed by atoms with E-state index in [0.29, 0.717) is 5.56 Å². The molecule has 0 radical (unpaired) electrons. The van der Waals surface area contributed by atoms with Gasteiger partial charge in [0.05, 0.1) is 5.69 Å². The summed E-state index contributed by atoms with van der Waals surface area (Å²) in [6.07, 6.45) is 2.91. The normalized spacial score (nSPS) is 21.8. The van der Waals surface area contributed by atoms with E-state index in [1.54, 1.807) is 0 Å². The third-order valence-corrected chi connectivity index (χ3v) is 4.72. The topological polar surface area (TPSA) is 52.6 Å². The molecule has 1 saturated carbocycles. The molecular weight excluding hydrogens is 308 g/mol. The van der Waals surface area contributed by atoms with Gasteiger partial charge in [0.15, 0.2) is 6.10 Å². The lowest BCUT2D eigenvalue weighted by molar-refractivity contribution is -0.123. The number of nitrogens with one attached hydrogen (secondary N) is 1. The van der Waals surface area contributed by atoms with Gasteiger partial charge in [-0.05, 0) is 46.8 Å². The third-order valence-electron chi connectivity index (χ3n) is 4.09. The summed E-state index contributed by atoms with van der Waals surface area (Å²) in [6, 6.07) is 3.77. The Morgan fingerprint density at radius 3 is 2.84 bits per heavy atom. The lowest BCUT2D eigenvalue weighted by Gasteiger charge is -2.32. The minimum Gasteiger partial charge on any atom is -0.378 e. The zero-order chi connectivity index (χ0) is 13.6. The van der Waals surface area contributed by atoms with Crippen molar-refractivity contribution in [2.75, 3.05) is 23.8 Å². The molecule has 4 nitrogen and oxygen atoms in total. The van der Waals surface area contributed by atoms with Crippen LogP contribution in [0.1, 0.15) is 30.9 Å². The van der Waals surface area contributed by atoms with Crippen LogP contribution in [0.25, 0.3) is 0 Å². The maximum atomic E-state index is 11.5. The van der Waals surface area contributed by atoms with Crippen molar-refractivity contribution in [3.8, 4) is 0 Å². The fourth-order valence-corrected chi connectivity index (χ4v) is 3.37. The van der Waals surface area contributed by atoms with E-state index in [9.17, 15) is 9.90 Å². The molecule has 1 aromatic rings. The quantitative estimate of drug-likeness (QED) is 0.898. The largest absolute Gasteiger partial charge is 0.378 e. The summed E-state index contributed by atoms with van der Waals surface area (Å²) < 4.78 is 0.920. The minimum atomic E-state index is -1.04. The molecule has 1 atom stereocenters. The fourth-order valence-electron chi connectivity index (χ4n) is 2.71. The number of nitrogens with zero attached hydrogens (tertiary/aromatic N) is 1. The molecule has 0 saturated heterocycles. The first-order valence-corrected chi connectivity index (χ1v) is 7.39. The van der Waals surface area contributed by atoms with Crippen molar-refractivity contribution in [1.29, 1.82) is 0 Å². The number of carbonyl (C=O) groups excluding carboxylic acids is 1. The Morgan fingerprint density at radius 1 is 1.47 bits per heavy atom. The number of hydrogen-bond donors (Lipinski definition) is 2. The van der Waals surface area contributed by atoms with E-state index in [-0.39, 0.29) is 5.91 Å². The van der Waals surface area contributed by atoms with Gasteiger partial charge in [-0.2, -0.15) is 0 Å². The number of rotatable bonds is 3. The van der Waals surface area contributed by atoms with Gasteiger partial charge < -0.3 is 15.3 Å². The smallest absolute Gasteiger partial charge is 0.257 e. The average Bonchev–Trinajstić information content (AvgIpc) is 2.59. The van der Waals surface area contributed by atoms with Crippen LogP contribution in [0.15, 0.2) is 16.6 Å². The molecule has 0 spiro atoms. The SMILES string of the molecule is CN(CC1CCC1)c1cc2c(cc1Br)C(O)C(=O)N2. The number of amides is 1. The molecule has 0 aromatic heterocycles. The molecule has 1 aromatic carbocycles. The van der Waals surface area contributed by atoms with Crippen LogP contribution in [0, 0.1) is 5.92 Å². The Kier molecular flexibility index (Phi) is 3.27. The van der Waals surface area contributed by atoms with E-state index in [2.05, 4.69) is 33.2 Å². The number of aliphatic hydroxyl groups excluding tert-OH is 1. The number of carbonyl (C=O) groups is 1. The molecule has 102 valence electrons. The number of fused-ring (bicyclic) bond motifs is 1. The zero-order valence-electron chi connectivity index (χ0n) is 10.8. The van der Waals surface area contributed by atoms with E-state index in [1.807, 2.05) is 12.1 Å². The Bertz CT molecular complexity index is 528. The lowest BCUT2D eigenvalue weighted by Crippen LogP contribution is -2.29. The average molecular weight is 325 g/mol. The summed E-state index contributed by atoms with van der Waals surface area (Å²) in [6.45, 7) is 1.04. The Hall–Kier alpha value is -1.07. The zero-order valence-corrected chi connectivity index (χ0v) is 12.4. The first-order valence-electron chi connectivity index (χ1n) is 6.60. The predicted molar refractivity (Wildman–Crippen MR) is 78.3 cm³/mol. The summed E-state index contributed by atoms with van der Waals surface area (Å²) in [4.78, 5) is 13.7. The Morgan fingerprint density at radius 2 is 2.21 bits per heavy atom. The summed E-state index contributed by atoms with van der Waals surface area (Å²) in [5, 5.41) is 12.5. The van der Waals surface area contributed by atoms with E-state index in [1.165, 1.54) is 19.3 Å². The highest BCUT2D eigenvalue weighted by Crippen LogP contribution is 2.39. The number of halogens is 1. The van der Waals surface area contributed by atoms with Crippen molar-refractivity contribution in [1.82, 2.24) is 0 Å². The molecule has 2 N–H and O–H groups in total. The summed E-state index contributed by atoms with van der Waals surface area (Å²) in [7, 11) is 2.07. The predicted octanol–water partition coefficient (Wildman–Crippen LogP) is 2.67. The highest BCUT2D eigenvalue weighted by atomic mass is 79.9. The second kappa shape index (κ2) is 4.80. The molecule has 0 bridgehead atoms. The van der Waals surface area contributed by atoms with E-state index < -0.39 is 6.10 Å². The fraction of sp³-hybridized carbons (Fsp3) is 0.500. The van der Waals surface area contributed by atoms with Crippen LogP contribution in [0.4, 0.5) is 11.4 Å². The number of aliphatic hydroxyl groups is 1. The third kappa shape index (κ3) is 2.25. The molecule has 1 heterocycles. The van der Waals surface area contributed by atoms with E-state index in [0.717, 1.165) is 28.3 Å². The molecule has 1 fully saturated rings. The number of benzene rings is 1. The maximum Gasteiger partial charge on any atom is 0.257 e. The summed E-state index contributed by atoms with van der Waals surface area (Å²) in [5.41, 5.74) is 2.42. The lowest BCUT2D eigenvalue weighted by atomic mass is 9.85. The molecule has 5 heteroatoms. The molecule has 2 aliphatic rings. The van der Waals surface area contributed by atoms with Crippen LogP contribution in [-0.2, 0) is 4.79 Å². The van der Waals surface area contributed by atoms with Gasteiger partial charge in [-0.25, -0.2) is 0 Å². The molecule has 3 rings (SSSR count). The minimum absolute atomic E-state index is 0.347. The first-order chi connectivity index (χ1) is 9.06. The highest BCUT2D eigenvalue weighted by Gasteiger charge is 2.30. The summed E-state index contributed by atoms with van der Waals surface area (Å²) in [5.74, 6) is 0.436. The van der Waals surface area contributed by atoms with Crippen molar-refractivity contribution in [2.24, 2.45) is 5.92 Å². The van der Waals surface area contributed by atoms with Gasteiger partial charge in [-0.1, -0.05) is 6.42 Å². The number of hydrogen-bond acceptors (Lipinski definition) is 3. The Labute approximate surface area is 120 Å². The van der Waals surface area contributed by atoms with Crippen molar-refractivity contribution in [3.05, 3.63) is 22.2 Å². The van der Waals surface area contributed by atoms with Crippen LogP contribution < -0.4 is 10.2 Å². The van der Waals surface area contributed by atoms with Gasteiger partial charge in [-0.3, -0.25) is 4.79 Å². The van der Waals surface area contributed by atoms with Gasteiger partial charge in [0.2, 0.25) is 0 Å². The standard InChI is InChI=1S/C14H17BrN2O2/c1-17(7-8-3-2-4-8)12-6-11-9(5-10(12)15)13(18)14(19)16-11/h5-6,8,13,18H,2-4,7H2,1H3,(H,16,19). The van der Waals surface area contributed by atoms with Crippen LogP contribution in [0.3, 0.4) is 0 Å².